The number of aromatic nitrogens is 3. The molecule has 1 aromatic carbocycles. The van der Waals surface area contributed by atoms with Crippen LogP contribution >= 0.6 is 0 Å². The number of carbonyl (C=O) groups excluding carboxylic acids is 1. The van der Waals surface area contributed by atoms with E-state index in [4.69, 9.17) is 0 Å². The molecule has 1 aliphatic rings. The topological polar surface area (TPSA) is 103 Å². The number of H-pyrrole nitrogens is 1. The predicted octanol–water partition coefficient (Wildman–Crippen LogP) is 2.06. The SMILES string of the molecule is Cc1ncc2c(c1CNC(=O)c1cc(-c3ccc(O)cc3)n[nH]1)CCNC2. The average molecular weight is 363 g/mol. The summed E-state index contributed by atoms with van der Waals surface area (Å²) in [5, 5.41) is 22.7. The number of aromatic hydroxyl groups is 1. The van der Waals surface area contributed by atoms with Gasteiger partial charge in [-0.1, -0.05) is 0 Å². The van der Waals surface area contributed by atoms with Gasteiger partial charge in [-0.15, -0.1) is 0 Å². The van der Waals surface area contributed by atoms with Gasteiger partial charge in [0.1, 0.15) is 11.4 Å². The molecule has 0 unspecified atom stereocenters. The number of pyridine rings is 1. The Morgan fingerprint density at radius 1 is 1.30 bits per heavy atom. The van der Waals surface area contributed by atoms with Crippen LogP contribution in [0.3, 0.4) is 0 Å². The van der Waals surface area contributed by atoms with Crippen molar-refractivity contribution in [2.24, 2.45) is 0 Å². The maximum Gasteiger partial charge on any atom is 0.269 e. The maximum absolute atomic E-state index is 12.5. The summed E-state index contributed by atoms with van der Waals surface area (Å²) in [5.74, 6) is -0.0175. The largest absolute Gasteiger partial charge is 0.508 e. The standard InChI is InChI=1S/C20H21N5O2/c1-12-17(16-6-7-21-9-14(16)10-22-12)11-23-20(27)19-8-18(24-25-19)13-2-4-15(26)5-3-13/h2-5,8,10,21,26H,6-7,9,11H2,1H3,(H,23,27)(H,24,25). The van der Waals surface area contributed by atoms with Crippen molar-refractivity contribution in [3.05, 3.63) is 64.6 Å². The number of hydrogen-bond acceptors (Lipinski definition) is 5. The van der Waals surface area contributed by atoms with E-state index < -0.39 is 0 Å². The van der Waals surface area contributed by atoms with Crippen LogP contribution in [0.4, 0.5) is 0 Å². The zero-order valence-corrected chi connectivity index (χ0v) is 15.0. The van der Waals surface area contributed by atoms with Crippen molar-refractivity contribution >= 4 is 5.91 Å². The fraction of sp³-hybridized carbons (Fsp3) is 0.250. The summed E-state index contributed by atoms with van der Waals surface area (Å²) in [7, 11) is 0. The number of aromatic amines is 1. The van der Waals surface area contributed by atoms with Crippen LogP contribution in [0.25, 0.3) is 11.3 Å². The molecule has 0 aliphatic carbocycles. The Bertz CT molecular complexity index is 979. The van der Waals surface area contributed by atoms with E-state index in [1.54, 1.807) is 30.3 Å². The van der Waals surface area contributed by atoms with Crippen molar-refractivity contribution in [2.75, 3.05) is 6.54 Å². The molecule has 1 aliphatic heterocycles. The molecule has 0 bridgehead atoms. The summed E-state index contributed by atoms with van der Waals surface area (Å²) < 4.78 is 0. The Morgan fingerprint density at radius 3 is 2.93 bits per heavy atom. The Labute approximate surface area is 156 Å². The second-order valence-corrected chi connectivity index (χ2v) is 6.65. The van der Waals surface area contributed by atoms with Gasteiger partial charge in [-0.05, 0) is 66.9 Å². The summed E-state index contributed by atoms with van der Waals surface area (Å²) >= 11 is 0. The summed E-state index contributed by atoms with van der Waals surface area (Å²) in [6, 6.07) is 8.40. The lowest BCUT2D eigenvalue weighted by Crippen LogP contribution is -2.29. The maximum atomic E-state index is 12.5. The van der Waals surface area contributed by atoms with Gasteiger partial charge < -0.3 is 15.7 Å². The van der Waals surface area contributed by atoms with Gasteiger partial charge in [-0.2, -0.15) is 5.10 Å². The number of fused-ring (bicyclic) bond motifs is 1. The van der Waals surface area contributed by atoms with Gasteiger partial charge in [0, 0.05) is 30.5 Å². The number of phenols is 1. The summed E-state index contributed by atoms with van der Waals surface area (Å²) in [5.41, 5.74) is 6.42. The molecular formula is C20H21N5O2. The highest BCUT2D eigenvalue weighted by molar-refractivity contribution is 5.93. The molecule has 0 spiro atoms. The fourth-order valence-electron chi connectivity index (χ4n) is 3.36. The van der Waals surface area contributed by atoms with Gasteiger partial charge >= 0.3 is 0 Å². The van der Waals surface area contributed by atoms with E-state index in [1.165, 1.54) is 11.1 Å². The van der Waals surface area contributed by atoms with Crippen molar-refractivity contribution < 1.29 is 9.90 Å². The third-order valence-corrected chi connectivity index (χ3v) is 4.88. The molecule has 3 heterocycles. The van der Waals surface area contributed by atoms with Crippen LogP contribution in [0, 0.1) is 6.92 Å². The summed E-state index contributed by atoms with van der Waals surface area (Å²) in [6.45, 7) is 4.17. The number of nitrogens with zero attached hydrogens (tertiary/aromatic N) is 2. The summed E-state index contributed by atoms with van der Waals surface area (Å²) in [6.07, 6.45) is 2.86. The molecule has 7 heteroatoms. The second-order valence-electron chi connectivity index (χ2n) is 6.65. The number of phenolic OH excluding ortho intramolecular Hbond substituents is 1. The molecule has 4 N–H and O–H groups in total. The molecule has 7 nitrogen and oxygen atoms in total. The quantitative estimate of drug-likeness (QED) is 0.568. The van der Waals surface area contributed by atoms with Gasteiger partial charge in [0.2, 0.25) is 0 Å². The lowest BCUT2D eigenvalue weighted by Gasteiger charge is -2.21. The minimum atomic E-state index is -0.210. The van der Waals surface area contributed by atoms with Gasteiger partial charge in [-0.25, -0.2) is 0 Å². The lowest BCUT2D eigenvalue weighted by molar-refractivity contribution is 0.0945. The first-order valence-corrected chi connectivity index (χ1v) is 8.92. The number of amides is 1. The van der Waals surface area contributed by atoms with Crippen LogP contribution in [-0.2, 0) is 19.5 Å². The van der Waals surface area contributed by atoms with Crippen LogP contribution in [0.5, 0.6) is 5.75 Å². The zero-order valence-electron chi connectivity index (χ0n) is 15.0. The van der Waals surface area contributed by atoms with E-state index in [1.807, 2.05) is 13.1 Å². The van der Waals surface area contributed by atoms with Crippen LogP contribution in [0.1, 0.15) is 32.9 Å². The molecular weight excluding hydrogens is 342 g/mol. The smallest absolute Gasteiger partial charge is 0.269 e. The minimum absolute atomic E-state index is 0.192. The molecule has 0 fully saturated rings. The first kappa shape index (κ1) is 17.2. The van der Waals surface area contributed by atoms with E-state index in [0.29, 0.717) is 17.9 Å². The highest BCUT2D eigenvalue weighted by Crippen LogP contribution is 2.22. The molecule has 3 aromatic rings. The van der Waals surface area contributed by atoms with Crippen LogP contribution in [-0.4, -0.2) is 32.7 Å². The van der Waals surface area contributed by atoms with E-state index in [0.717, 1.165) is 36.3 Å². The number of hydrogen-bond donors (Lipinski definition) is 4. The molecule has 0 radical (unpaired) electrons. The lowest BCUT2D eigenvalue weighted by atomic mass is 9.96. The number of aryl methyl sites for hydroxylation is 1. The normalized spacial score (nSPS) is 13.2. The van der Waals surface area contributed by atoms with Crippen molar-refractivity contribution in [1.82, 2.24) is 25.8 Å². The molecule has 2 aromatic heterocycles. The molecule has 138 valence electrons. The van der Waals surface area contributed by atoms with Crippen molar-refractivity contribution in [3.63, 3.8) is 0 Å². The number of nitrogens with one attached hydrogen (secondary N) is 3. The summed E-state index contributed by atoms with van der Waals surface area (Å²) in [4.78, 5) is 17.0. The highest BCUT2D eigenvalue weighted by atomic mass is 16.3. The van der Waals surface area contributed by atoms with Gasteiger partial charge in [0.25, 0.3) is 5.91 Å². The van der Waals surface area contributed by atoms with Gasteiger partial charge in [0.05, 0.1) is 5.69 Å². The zero-order chi connectivity index (χ0) is 18.8. The molecule has 4 rings (SSSR count). The predicted molar refractivity (Wildman–Crippen MR) is 101 cm³/mol. The van der Waals surface area contributed by atoms with Gasteiger partial charge in [-0.3, -0.25) is 14.9 Å². The number of benzene rings is 1. The van der Waals surface area contributed by atoms with Gasteiger partial charge in [0.15, 0.2) is 0 Å². The van der Waals surface area contributed by atoms with Crippen LogP contribution < -0.4 is 10.6 Å². The second kappa shape index (κ2) is 7.20. The third-order valence-electron chi connectivity index (χ3n) is 4.88. The Hall–Kier alpha value is -3.19. The minimum Gasteiger partial charge on any atom is -0.508 e. The molecule has 1 amide bonds. The Morgan fingerprint density at radius 2 is 2.11 bits per heavy atom. The fourth-order valence-corrected chi connectivity index (χ4v) is 3.36. The number of rotatable bonds is 4. The van der Waals surface area contributed by atoms with Crippen LogP contribution in [0.15, 0.2) is 36.5 Å². The van der Waals surface area contributed by atoms with E-state index in [2.05, 4.69) is 25.8 Å². The van der Waals surface area contributed by atoms with Crippen molar-refractivity contribution in [3.8, 4) is 17.0 Å². The Balaban J connectivity index is 1.49. The van der Waals surface area contributed by atoms with E-state index >= 15 is 0 Å². The molecule has 0 atom stereocenters. The van der Waals surface area contributed by atoms with E-state index in [9.17, 15) is 9.90 Å². The first-order valence-electron chi connectivity index (χ1n) is 8.92. The van der Waals surface area contributed by atoms with E-state index in [-0.39, 0.29) is 11.7 Å². The van der Waals surface area contributed by atoms with Crippen LogP contribution in [0.2, 0.25) is 0 Å². The average Bonchev–Trinajstić information content (AvgIpc) is 3.18. The van der Waals surface area contributed by atoms with Crippen molar-refractivity contribution in [2.45, 2.75) is 26.4 Å². The first-order chi connectivity index (χ1) is 13.1. The monoisotopic (exact) mass is 363 g/mol. The third kappa shape index (κ3) is 3.54. The molecule has 0 saturated carbocycles. The van der Waals surface area contributed by atoms with Crippen molar-refractivity contribution in [1.29, 1.82) is 0 Å². The molecule has 27 heavy (non-hydrogen) atoms. The highest BCUT2D eigenvalue weighted by Gasteiger charge is 2.17. The number of carbonyl (C=O) groups is 1. The molecule has 0 saturated heterocycles. The Kier molecular flexibility index (Phi) is 4.60.